The van der Waals surface area contributed by atoms with E-state index < -0.39 is 16.0 Å². The Kier molecular flexibility index (Phi) is 7.26. The summed E-state index contributed by atoms with van der Waals surface area (Å²) in [4.78, 5) is 10.9. The smallest absolute Gasteiger partial charge is 0.328 e. The molecule has 1 fully saturated rings. The number of ether oxygens (including phenoxy) is 2. The largest absolute Gasteiger partial charge is 0.493 e. The van der Waals surface area contributed by atoms with Gasteiger partial charge in [-0.25, -0.2) is 13.2 Å². The number of carbonyl (C=O) groups is 1. The Hall–Kier alpha value is -2.84. The summed E-state index contributed by atoms with van der Waals surface area (Å²) >= 11 is 0. The normalized spacial score (nSPS) is 14.3. The van der Waals surface area contributed by atoms with Gasteiger partial charge in [0, 0.05) is 18.7 Å². The lowest BCUT2D eigenvalue weighted by atomic mass is 10.0. The number of sulfonamides is 1. The van der Waals surface area contributed by atoms with Gasteiger partial charge in [0.1, 0.15) is 4.90 Å². The average Bonchev–Trinajstić information content (AvgIpc) is 3.60. The molecule has 0 saturated heterocycles. The van der Waals surface area contributed by atoms with Crippen LogP contribution in [0.3, 0.4) is 0 Å². The Bertz CT molecular complexity index is 1100. The SMILES string of the molecule is COc1cc(C=CC(=O)O)cc(S(=O)(=O)N(Cc2ccc(C(C)C)cc2)C2CC2)c1OC. The second-order valence-electron chi connectivity index (χ2n) is 8.10. The Labute approximate surface area is 189 Å². The van der Waals surface area contributed by atoms with Gasteiger partial charge in [0.15, 0.2) is 11.5 Å². The zero-order valence-corrected chi connectivity index (χ0v) is 19.6. The summed E-state index contributed by atoms with van der Waals surface area (Å²) in [6.45, 7) is 4.47. The second-order valence-corrected chi connectivity index (χ2v) is 9.96. The van der Waals surface area contributed by atoms with E-state index in [0.717, 1.165) is 24.5 Å². The summed E-state index contributed by atoms with van der Waals surface area (Å²) in [5, 5.41) is 8.95. The van der Waals surface area contributed by atoms with E-state index in [1.165, 1.54) is 36.2 Å². The van der Waals surface area contributed by atoms with Gasteiger partial charge < -0.3 is 14.6 Å². The van der Waals surface area contributed by atoms with Crippen LogP contribution in [0.15, 0.2) is 47.4 Å². The van der Waals surface area contributed by atoms with Gasteiger partial charge in [0.05, 0.1) is 14.2 Å². The fraction of sp³-hybridized carbons (Fsp3) is 0.375. The van der Waals surface area contributed by atoms with Crippen LogP contribution in [0.25, 0.3) is 6.08 Å². The number of methoxy groups -OCH3 is 2. The Morgan fingerprint density at radius 1 is 1.16 bits per heavy atom. The van der Waals surface area contributed by atoms with Crippen molar-refractivity contribution in [1.82, 2.24) is 4.31 Å². The molecule has 0 unspecified atom stereocenters. The summed E-state index contributed by atoms with van der Waals surface area (Å²) in [6.07, 6.45) is 3.87. The van der Waals surface area contributed by atoms with Crippen LogP contribution in [0.2, 0.25) is 0 Å². The van der Waals surface area contributed by atoms with Gasteiger partial charge in [-0.3, -0.25) is 0 Å². The number of benzene rings is 2. The monoisotopic (exact) mass is 459 g/mol. The van der Waals surface area contributed by atoms with Gasteiger partial charge in [0.2, 0.25) is 10.0 Å². The third-order valence-corrected chi connectivity index (χ3v) is 7.31. The van der Waals surface area contributed by atoms with Crippen LogP contribution in [0.5, 0.6) is 11.5 Å². The first kappa shape index (κ1) is 23.8. The summed E-state index contributed by atoms with van der Waals surface area (Å²) in [5.41, 5.74) is 2.48. The van der Waals surface area contributed by atoms with Gasteiger partial charge in [0.25, 0.3) is 0 Å². The van der Waals surface area contributed by atoms with Crippen molar-refractivity contribution in [2.45, 2.75) is 50.1 Å². The highest BCUT2D eigenvalue weighted by Crippen LogP contribution is 2.41. The molecule has 0 bridgehead atoms. The molecule has 1 N–H and O–H groups in total. The van der Waals surface area contributed by atoms with E-state index >= 15 is 0 Å². The third kappa shape index (κ3) is 5.31. The summed E-state index contributed by atoms with van der Waals surface area (Å²) < 4.78 is 39.8. The predicted octanol–water partition coefficient (Wildman–Crippen LogP) is 4.28. The van der Waals surface area contributed by atoms with Gasteiger partial charge in [-0.1, -0.05) is 38.1 Å². The van der Waals surface area contributed by atoms with Crippen LogP contribution >= 0.6 is 0 Å². The lowest BCUT2D eigenvalue weighted by molar-refractivity contribution is -0.131. The highest BCUT2D eigenvalue weighted by Gasteiger charge is 2.40. The lowest BCUT2D eigenvalue weighted by Gasteiger charge is -2.24. The maximum atomic E-state index is 13.8. The number of hydrogen-bond acceptors (Lipinski definition) is 5. The van der Waals surface area contributed by atoms with E-state index in [0.29, 0.717) is 11.5 Å². The molecule has 0 aliphatic heterocycles. The first-order valence-corrected chi connectivity index (χ1v) is 11.9. The minimum absolute atomic E-state index is 0.0462. The van der Waals surface area contributed by atoms with E-state index in [1.54, 1.807) is 6.07 Å². The molecular weight excluding hydrogens is 430 g/mol. The minimum Gasteiger partial charge on any atom is -0.493 e. The molecule has 8 heteroatoms. The van der Waals surface area contributed by atoms with Crippen molar-refractivity contribution in [3.05, 3.63) is 59.2 Å². The van der Waals surface area contributed by atoms with Crippen LogP contribution in [0.4, 0.5) is 0 Å². The summed E-state index contributed by atoms with van der Waals surface area (Å²) in [5.74, 6) is -0.421. The van der Waals surface area contributed by atoms with Crippen molar-refractivity contribution >= 4 is 22.1 Å². The number of nitrogens with zero attached hydrogens (tertiary/aromatic N) is 1. The van der Waals surface area contributed by atoms with E-state index in [1.807, 2.05) is 24.3 Å². The average molecular weight is 460 g/mol. The van der Waals surface area contributed by atoms with Crippen molar-refractivity contribution in [3.63, 3.8) is 0 Å². The lowest BCUT2D eigenvalue weighted by Crippen LogP contribution is -2.33. The Balaban J connectivity index is 2.04. The van der Waals surface area contributed by atoms with Crippen molar-refractivity contribution < 1.29 is 27.8 Å². The zero-order valence-electron chi connectivity index (χ0n) is 18.7. The van der Waals surface area contributed by atoms with Gasteiger partial charge in [-0.05, 0) is 53.7 Å². The van der Waals surface area contributed by atoms with Crippen LogP contribution in [-0.2, 0) is 21.4 Å². The highest BCUT2D eigenvalue weighted by molar-refractivity contribution is 7.89. The number of rotatable bonds is 10. The molecule has 1 saturated carbocycles. The van der Waals surface area contributed by atoms with Crippen molar-refractivity contribution in [2.24, 2.45) is 0 Å². The Morgan fingerprint density at radius 3 is 2.31 bits per heavy atom. The first-order valence-electron chi connectivity index (χ1n) is 10.4. The first-order chi connectivity index (χ1) is 15.2. The van der Waals surface area contributed by atoms with Gasteiger partial charge in [-0.15, -0.1) is 0 Å². The molecule has 1 aliphatic carbocycles. The van der Waals surface area contributed by atoms with Gasteiger partial charge in [-0.2, -0.15) is 4.31 Å². The fourth-order valence-electron chi connectivity index (χ4n) is 3.49. The van der Waals surface area contributed by atoms with E-state index in [2.05, 4.69) is 13.8 Å². The molecule has 0 radical (unpaired) electrons. The van der Waals surface area contributed by atoms with Crippen LogP contribution in [0, 0.1) is 0 Å². The number of carboxylic acids is 1. The van der Waals surface area contributed by atoms with Crippen molar-refractivity contribution in [3.8, 4) is 11.5 Å². The molecule has 0 aromatic heterocycles. The molecule has 3 rings (SSSR count). The quantitative estimate of drug-likeness (QED) is 0.533. The molecule has 2 aromatic rings. The number of aliphatic carboxylic acids is 1. The fourth-order valence-corrected chi connectivity index (χ4v) is 5.37. The molecule has 2 aromatic carbocycles. The molecule has 7 nitrogen and oxygen atoms in total. The van der Waals surface area contributed by atoms with Gasteiger partial charge >= 0.3 is 5.97 Å². The topological polar surface area (TPSA) is 93.1 Å². The van der Waals surface area contributed by atoms with Crippen LogP contribution < -0.4 is 9.47 Å². The molecule has 0 amide bonds. The van der Waals surface area contributed by atoms with Crippen LogP contribution in [-0.4, -0.2) is 44.1 Å². The summed E-state index contributed by atoms with van der Waals surface area (Å²) in [6, 6.07) is 10.9. The molecule has 0 spiro atoms. The maximum absolute atomic E-state index is 13.8. The predicted molar refractivity (Wildman–Crippen MR) is 122 cm³/mol. The molecule has 0 heterocycles. The minimum atomic E-state index is -3.95. The second kappa shape index (κ2) is 9.75. The molecule has 32 heavy (non-hydrogen) atoms. The van der Waals surface area contributed by atoms with E-state index in [9.17, 15) is 13.2 Å². The summed E-state index contributed by atoms with van der Waals surface area (Å²) in [7, 11) is -1.16. The van der Waals surface area contributed by atoms with Crippen molar-refractivity contribution in [1.29, 1.82) is 0 Å². The van der Waals surface area contributed by atoms with E-state index in [-0.39, 0.29) is 29.0 Å². The van der Waals surface area contributed by atoms with Crippen LogP contribution in [0.1, 0.15) is 49.3 Å². The van der Waals surface area contributed by atoms with Crippen molar-refractivity contribution in [2.75, 3.05) is 14.2 Å². The zero-order chi connectivity index (χ0) is 23.5. The molecule has 0 atom stereocenters. The third-order valence-electron chi connectivity index (χ3n) is 5.41. The maximum Gasteiger partial charge on any atom is 0.328 e. The van der Waals surface area contributed by atoms with E-state index in [4.69, 9.17) is 14.6 Å². The molecular formula is C24H29NO6S. The standard InChI is InChI=1S/C24H29NO6S/c1-16(2)19-8-5-17(6-9-19)15-25(20-10-11-20)32(28,29)22-14-18(7-12-23(26)27)13-21(30-3)24(22)31-4/h5-9,12-14,16,20H,10-11,15H2,1-4H3,(H,26,27). The Morgan fingerprint density at radius 2 is 1.81 bits per heavy atom. The molecule has 1 aliphatic rings. The number of carboxylic acid groups (broad SMARTS) is 1. The number of hydrogen-bond donors (Lipinski definition) is 1. The molecule has 172 valence electrons. The highest BCUT2D eigenvalue weighted by atomic mass is 32.2.